The van der Waals surface area contributed by atoms with Crippen molar-refractivity contribution in [1.29, 1.82) is 0 Å². The molecule has 3 N–H and O–H groups in total. The second kappa shape index (κ2) is 11.1. The third-order valence-electron chi connectivity index (χ3n) is 4.55. The third-order valence-corrected chi connectivity index (χ3v) is 4.55. The summed E-state index contributed by atoms with van der Waals surface area (Å²) in [7, 11) is 0. The molecule has 0 aromatic heterocycles. The van der Waals surface area contributed by atoms with Crippen molar-refractivity contribution in [3.05, 3.63) is 29.8 Å². The summed E-state index contributed by atoms with van der Waals surface area (Å²) >= 11 is 0. The zero-order valence-electron chi connectivity index (χ0n) is 16.1. The second-order valence-corrected chi connectivity index (χ2v) is 6.75. The summed E-state index contributed by atoms with van der Waals surface area (Å²) in [6.07, 6.45) is 8.60. The fourth-order valence-electron chi connectivity index (χ4n) is 3.30. The lowest BCUT2D eigenvalue weighted by molar-refractivity contribution is -0.119. The number of hydrogen-bond acceptors (Lipinski definition) is 3. The van der Waals surface area contributed by atoms with Gasteiger partial charge >= 0.3 is 0 Å². The molecule has 1 fully saturated rings. The minimum atomic E-state index is -0.224. The van der Waals surface area contributed by atoms with Gasteiger partial charge in [-0.2, -0.15) is 0 Å². The number of ether oxygens (including phenoxy) is 1. The van der Waals surface area contributed by atoms with Crippen LogP contribution >= 0.6 is 0 Å². The summed E-state index contributed by atoms with van der Waals surface area (Å²) in [6, 6.07) is 7.94. The molecule has 0 spiro atoms. The van der Waals surface area contributed by atoms with Crippen molar-refractivity contribution in [2.75, 3.05) is 32.8 Å². The number of aliphatic imine (C=N–C) groups is 1. The van der Waals surface area contributed by atoms with E-state index in [0.717, 1.165) is 50.6 Å². The average Bonchev–Trinajstić information content (AvgIpc) is 2.66. The number of rotatable bonds is 8. The number of amides is 1. The molecule has 6 nitrogen and oxygen atoms in total. The highest BCUT2D eigenvalue weighted by Gasteiger charge is 2.23. The maximum Gasteiger partial charge on any atom is 0.217 e. The molecule has 1 aromatic carbocycles. The molecular formula is C21H30N4O2. The van der Waals surface area contributed by atoms with E-state index in [-0.39, 0.29) is 12.5 Å². The number of terminal acetylenes is 1. The van der Waals surface area contributed by atoms with Crippen molar-refractivity contribution in [1.82, 2.24) is 10.2 Å². The van der Waals surface area contributed by atoms with Gasteiger partial charge < -0.3 is 20.7 Å². The van der Waals surface area contributed by atoms with Crippen LogP contribution in [0.3, 0.4) is 0 Å². The van der Waals surface area contributed by atoms with Gasteiger partial charge in [-0.1, -0.05) is 18.1 Å². The van der Waals surface area contributed by atoms with Gasteiger partial charge in [0.2, 0.25) is 5.91 Å². The highest BCUT2D eigenvalue weighted by molar-refractivity contribution is 5.80. The summed E-state index contributed by atoms with van der Waals surface area (Å²) in [5.41, 5.74) is 6.57. The first-order chi connectivity index (χ1) is 13.1. The van der Waals surface area contributed by atoms with Crippen LogP contribution in [-0.4, -0.2) is 49.6 Å². The number of guanidine groups is 1. The number of hydrogen-bond donors (Lipinski definition) is 2. The summed E-state index contributed by atoms with van der Waals surface area (Å²) in [5, 5.41) is 3.37. The summed E-state index contributed by atoms with van der Waals surface area (Å²) in [5.74, 6) is 4.25. The van der Waals surface area contributed by atoms with E-state index in [1.165, 1.54) is 5.56 Å². The molecule has 6 heteroatoms. The minimum Gasteiger partial charge on any atom is -0.481 e. The molecule has 1 aliphatic rings. The van der Waals surface area contributed by atoms with Crippen LogP contribution in [0.4, 0.5) is 0 Å². The Morgan fingerprint density at radius 2 is 2.22 bits per heavy atom. The number of piperidine rings is 1. The van der Waals surface area contributed by atoms with Crippen LogP contribution < -0.4 is 15.8 Å². The van der Waals surface area contributed by atoms with E-state index in [1.54, 1.807) is 0 Å². The van der Waals surface area contributed by atoms with Crippen LogP contribution in [0.15, 0.2) is 29.3 Å². The molecular weight excluding hydrogens is 340 g/mol. The third kappa shape index (κ3) is 7.22. The van der Waals surface area contributed by atoms with Gasteiger partial charge in [-0.05, 0) is 49.8 Å². The standard InChI is InChI=1S/C21H30N4O2/c1-3-14-27-19-9-7-17(8-10-19)11-12-24-21(23-4-2)25-13-5-6-18(16-25)15-20(22)26/h1,7-10,18H,4-6,11-16H2,2H3,(H2,22,26)(H,23,24). The first kappa shape index (κ1) is 20.6. The van der Waals surface area contributed by atoms with Crippen LogP contribution in [-0.2, 0) is 11.2 Å². The van der Waals surface area contributed by atoms with E-state index in [0.29, 0.717) is 18.9 Å². The Balaban J connectivity index is 1.90. The van der Waals surface area contributed by atoms with Gasteiger partial charge in [-0.25, -0.2) is 0 Å². The molecule has 0 bridgehead atoms. The summed E-state index contributed by atoms with van der Waals surface area (Å²) in [4.78, 5) is 18.2. The number of carbonyl (C=O) groups excluding carboxylic acids is 1. The topological polar surface area (TPSA) is 79.9 Å². The van der Waals surface area contributed by atoms with Crippen LogP contribution in [0.2, 0.25) is 0 Å². The van der Waals surface area contributed by atoms with E-state index in [1.807, 2.05) is 24.3 Å². The van der Waals surface area contributed by atoms with Gasteiger partial charge in [0.25, 0.3) is 0 Å². The Morgan fingerprint density at radius 1 is 1.44 bits per heavy atom. The summed E-state index contributed by atoms with van der Waals surface area (Å²) in [6.45, 7) is 5.65. The van der Waals surface area contributed by atoms with E-state index in [2.05, 4.69) is 23.1 Å². The summed E-state index contributed by atoms with van der Waals surface area (Å²) < 4.78 is 5.39. The van der Waals surface area contributed by atoms with Gasteiger partial charge in [0.15, 0.2) is 5.96 Å². The lowest BCUT2D eigenvalue weighted by Gasteiger charge is -2.34. The van der Waals surface area contributed by atoms with Gasteiger partial charge in [0.1, 0.15) is 12.4 Å². The Labute approximate surface area is 162 Å². The number of nitrogens with zero attached hydrogens (tertiary/aromatic N) is 2. The maximum absolute atomic E-state index is 11.2. The molecule has 1 aliphatic heterocycles. The zero-order chi connectivity index (χ0) is 19.5. The Hall–Kier alpha value is -2.68. The highest BCUT2D eigenvalue weighted by atomic mass is 16.5. The number of carbonyl (C=O) groups is 1. The van der Waals surface area contributed by atoms with Gasteiger partial charge in [0.05, 0.1) is 0 Å². The molecule has 1 saturated heterocycles. The van der Waals surface area contributed by atoms with Crippen molar-refractivity contribution >= 4 is 11.9 Å². The monoisotopic (exact) mass is 370 g/mol. The van der Waals surface area contributed by atoms with E-state index < -0.39 is 0 Å². The van der Waals surface area contributed by atoms with Gasteiger partial charge in [-0.3, -0.25) is 9.79 Å². The number of likely N-dealkylation sites (tertiary alicyclic amines) is 1. The van der Waals surface area contributed by atoms with Crippen molar-refractivity contribution in [3.63, 3.8) is 0 Å². The predicted molar refractivity (Wildman–Crippen MR) is 109 cm³/mol. The largest absolute Gasteiger partial charge is 0.481 e. The SMILES string of the molecule is C#CCOc1ccc(CCN=C(NCC)N2CCCC(CC(N)=O)C2)cc1. The quantitative estimate of drug-likeness (QED) is 0.415. The Morgan fingerprint density at radius 3 is 2.89 bits per heavy atom. The lowest BCUT2D eigenvalue weighted by atomic mass is 9.95. The molecule has 1 amide bonds. The minimum absolute atomic E-state index is 0.224. The molecule has 1 atom stereocenters. The van der Waals surface area contributed by atoms with Crippen LogP contribution in [0.5, 0.6) is 5.75 Å². The van der Waals surface area contributed by atoms with E-state index >= 15 is 0 Å². The van der Waals surface area contributed by atoms with E-state index in [4.69, 9.17) is 21.9 Å². The number of nitrogens with one attached hydrogen (secondary N) is 1. The zero-order valence-corrected chi connectivity index (χ0v) is 16.1. The fourth-order valence-corrected chi connectivity index (χ4v) is 3.30. The van der Waals surface area contributed by atoms with Gasteiger partial charge in [-0.15, -0.1) is 6.42 Å². The molecule has 0 saturated carbocycles. The first-order valence-corrected chi connectivity index (χ1v) is 9.59. The first-order valence-electron chi connectivity index (χ1n) is 9.59. The van der Waals surface area contributed by atoms with Crippen molar-refractivity contribution in [3.8, 4) is 18.1 Å². The highest BCUT2D eigenvalue weighted by Crippen LogP contribution is 2.19. The van der Waals surface area contributed by atoms with Crippen LogP contribution in [0.1, 0.15) is 31.7 Å². The van der Waals surface area contributed by atoms with Crippen molar-refractivity contribution < 1.29 is 9.53 Å². The Kier molecular flexibility index (Phi) is 8.50. The molecule has 27 heavy (non-hydrogen) atoms. The van der Waals surface area contributed by atoms with Crippen molar-refractivity contribution in [2.45, 2.75) is 32.6 Å². The van der Waals surface area contributed by atoms with Crippen LogP contribution in [0, 0.1) is 18.3 Å². The molecule has 1 aromatic rings. The number of nitrogens with two attached hydrogens (primary N) is 1. The fraction of sp³-hybridized carbons (Fsp3) is 0.524. The van der Waals surface area contributed by atoms with Crippen molar-refractivity contribution in [2.24, 2.45) is 16.6 Å². The number of benzene rings is 1. The normalized spacial score (nSPS) is 17.3. The average molecular weight is 370 g/mol. The molecule has 1 heterocycles. The second-order valence-electron chi connectivity index (χ2n) is 6.75. The van der Waals surface area contributed by atoms with Gasteiger partial charge in [0, 0.05) is 32.6 Å². The van der Waals surface area contributed by atoms with Crippen LogP contribution in [0.25, 0.3) is 0 Å². The molecule has 146 valence electrons. The predicted octanol–water partition coefficient (Wildman–Crippen LogP) is 1.79. The number of primary amides is 1. The Bertz CT molecular complexity index is 664. The molecule has 2 rings (SSSR count). The molecule has 1 unspecified atom stereocenters. The van der Waals surface area contributed by atoms with E-state index in [9.17, 15) is 4.79 Å². The smallest absolute Gasteiger partial charge is 0.217 e. The lowest BCUT2D eigenvalue weighted by Crippen LogP contribution is -2.47. The molecule has 0 radical (unpaired) electrons. The maximum atomic E-state index is 11.2. The molecule has 0 aliphatic carbocycles.